The van der Waals surface area contributed by atoms with Crippen molar-refractivity contribution >= 4 is 11.6 Å². The fourth-order valence-corrected chi connectivity index (χ4v) is 0.976. The number of nitrogens with zero attached hydrogens (tertiary/aromatic N) is 1. The van der Waals surface area contributed by atoms with E-state index in [4.69, 9.17) is 17.3 Å². The molecule has 0 aliphatic heterocycles. The molecule has 2 nitrogen and oxygen atoms in total. The average Bonchev–Trinajstić information content (AvgIpc) is 1.88. The Morgan fingerprint density at radius 1 is 1.70 bits per heavy atom. The molecular weight excluding hydrogens is 148 g/mol. The summed E-state index contributed by atoms with van der Waals surface area (Å²) in [6, 6.07) is 1.81. The predicted octanol–water partition coefficient (Wildman–Crippen LogP) is 1.50. The van der Waals surface area contributed by atoms with Crippen molar-refractivity contribution in [1.82, 2.24) is 4.98 Å². The maximum absolute atomic E-state index is 5.62. The minimum Gasteiger partial charge on any atom is -0.326 e. The molecule has 1 aromatic heterocycles. The third-order valence-corrected chi connectivity index (χ3v) is 1.61. The fourth-order valence-electron chi connectivity index (χ4n) is 0.764. The first kappa shape index (κ1) is 7.51. The number of rotatable bonds is 1. The van der Waals surface area contributed by atoms with E-state index in [9.17, 15) is 0 Å². The van der Waals surface area contributed by atoms with Crippen molar-refractivity contribution in [3.63, 3.8) is 0 Å². The Hall–Kier alpha value is -0.600. The molecule has 1 aromatic rings. The Kier molecular flexibility index (Phi) is 2.25. The summed E-state index contributed by atoms with van der Waals surface area (Å²) in [7, 11) is 0. The van der Waals surface area contributed by atoms with E-state index in [-0.39, 0.29) is 0 Å². The summed E-state index contributed by atoms with van der Waals surface area (Å²) in [5, 5.41) is 0.523. The largest absolute Gasteiger partial charge is 0.326 e. The van der Waals surface area contributed by atoms with Crippen LogP contribution in [0.15, 0.2) is 12.3 Å². The minimum absolute atomic E-state index is 0.523. The molecule has 2 N–H and O–H groups in total. The van der Waals surface area contributed by atoms with Crippen LogP contribution in [0.1, 0.15) is 11.1 Å². The van der Waals surface area contributed by atoms with Crippen LogP contribution in [-0.4, -0.2) is 4.98 Å². The van der Waals surface area contributed by atoms with Crippen LogP contribution >= 0.6 is 11.6 Å². The quantitative estimate of drug-likeness (QED) is 0.626. The van der Waals surface area contributed by atoms with Crippen LogP contribution in [0, 0.1) is 6.92 Å². The molecule has 0 saturated heterocycles. The number of hydrogen-bond acceptors (Lipinski definition) is 2. The molecule has 1 heterocycles. The Morgan fingerprint density at radius 2 is 2.40 bits per heavy atom. The van der Waals surface area contributed by atoms with Crippen molar-refractivity contribution in [3.05, 3.63) is 28.5 Å². The van der Waals surface area contributed by atoms with Crippen LogP contribution in [-0.2, 0) is 6.54 Å². The fraction of sp³-hybridized carbons (Fsp3) is 0.286. The average molecular weight is 157 g/mol. The molecular formula is C7H9ClN2. The summed E-state index contributed by atoms with van der Waals surface area (Å²) in [5.74, 6) is 0. The zero-order chi connectivity index (χ0) is 7.56. The number of halogens is 1. The Labute approximate surface area is 65.0 Å². The highest BCUT2D eigenvalue weighted by molar-refractivity contribution is 6.29. The molecule has 0 unspecified atom stereocenters. The zero-order valence-corrected chi connectivity index (χ0v) is 6.52. The van der Waals surface area contributed by atoms with Crippen molar-refractivity contribution in [1.29, 1.82) is 0 Å². The van der Waals surface area contributed by atoms with E-state index >= 15 is 0 Å². The zero-order valence-electron chi connectivity index (χ0n) is 5.76. The van der Waals surface area contributed by atoms with Gasteiger partial charge in [0.25, 0.3) is 0 Å². The van der Waals surface area contributed by atoms with E-state index in [1.165, 1.54) is 0 Å². The molecule has 0 amide bonds. The maximum Gasteiger partial charge on any atom is 0.129 e. The predicted molar refractivity (Wildman–Crippen MR) is 41.9 cm³/mol. The minimum atomic E-state index is 0.523. The van der Waals surface area contributed by atoms with Gasteiger partial charge in [-0.3, -0.25) is 0 Å². The van der Waals surface area contributed by atoms with E-state index in [0.29, 0.717) is 11.7 Å². The summed E-state index contributed by atoms with van der Waals surface area (Å²) in [6.45, 7) is 2.49. The maximum atomic E-state index is 5.62. The lowest BCUT2D eigenvalue weighted by molar-refractivity contribution is 1.02. The van der Waals surface area contributed by atoms with Crippen LogP contribution in [0.2, 0.25) is 5.15 Å². The smallest absolute Gasteiger partial charge is 0.129 e. The first-order chi connectivity index (χ1) is 4.74. The van der Waals surface area contributed by atoms with Gasteiger partial charge in [0.2, 0.25) is 0 Å². The summed E-state index contributed by atoms with van der Waals surface area (Å²) in [4.78, 5) is 3.90. The van der Waals surface area contributed by atoms with Crippen LogP contribution in [0.25, 0.3) is 0 Å². The van der Waals surface area contributed by atoms with Gasteiger partial charge in [0.05, 0.1) is 0 Å². The first-order valence-corrected chi connectivity index (χ1v) is 3.43. The molecule has 1 rings (SSSR count). The van der Waals surface area contributed by atoms with Crippen LogP contribution < -0.4 is 5.73 Å². The van der Waals surface area contributed by atoms with Crippen molar-refractivity contribution in [3.8, 4) is 0 Å². The second kappa shape index (κ2) is 2.99. The van der Waals surface area contributed by atoms with Gasteiger partial charge in [0, 0.05) is 12.7 Å². The topological polar surface area (TPSA) is 38.9 Å². The summed E-state index contributed by atoms with van der Waals surface area (Å²) in [5.41, 5.74) is 7.56. The lowest BCUT2D eigenvalue weighted by Crippen LogP contribution is -1.99. The number of aromatic nitrogens is 1. The van der Waals surface area contributed by atoms with E-state index in [1.54, 1.807) is 6.20 Å². The summed E-state index contributed by atoms with van der Waals surface area (Å²) in [6.07, 6.45) is 1.71. The number of pyridine rings is 1. The molecule has 0 saturated carbocycles. The van der Waals surface area contributed by atoms with Gasteiger partial charge in [-0.2, -0.15) is 0 Å². The van der Waals surface area contributed by atoms with Gasteiger partial charge in [0.1, 0.15) is 5.15 Å². The monoisotopic (exact) mass is 156 g/mol. The number of hydrogen-bond donors (Lipinski definition) is 1. The van der Waals surface area contributed by atoms with Crippen molar-refractivity contribution in [2.24, 2.45) is 5.73 Å². The van der Waals surface area contributed by atoms with E-state index in [0.717, 1.165) is 11.1 Å². The Morgan fingerprint density at radius 3 is 2.90 bits per heavy atom. The van der Waals surface area contributed by atoms with E-state index < -0.39 is 0 Å². The van der Waals surface area contributed by atoms with Crippen molar-refractivity contribution in [2.45, 2.75) is 13.5 Å². The molecule has 0 aromatic carbocycles. The van der Waals surface area contributed by atoms with Gasteiger partial charge < -0.3 is 5.73 Å². The van der Waals surface area contributed by atoms with Crippen molar-refractivity contribution in [2.75, 3.05) is 0 Å². The SMILES string of the molecule is Cc1cc(Cl)ncc1CN. The highest BCUT2D eigenvalue weighted by atomic mass is 35.5. The first-order valence-electron chi connectivity index (χ1n) is 3.05. The molecule has 0 bridgehead atoms. The molecule has 0 aliphatic carbocycles. The molecule has 54 valence electrons. The van der Waals surface area contributed by atoms with Crippen LogP contribution in [0.5, 0.6) is 0 Å². The lowest BCUT2D eigenvalue weighted by atomic mass is 10.2. The van der Waals surface area contributed by atoms with Crippen LogP contribution in [0.3, 0.4) is 0 Å². The molecule has 3 heteroatoms. The van der Waals surface area contributed by atoms with Gasteiger partial charge in [-0.25, -0.2) is 4.98 Å². The van der Waals surface area contributed by atoms with Gasteiger partial charge in [-0.1, -0.05) is 11.6 Å². The lowest BCUT2D eigenvalue weighted by Gasteiger charge is -2.00. The summed E-state index contributed by atoms with van der Waals surface area (Å²) >= 11 is 5.62. The molecule has 0 radical (unpaired) electrons. The highest BCUT2D eigenvalue weighted by Crippen LogP contribution is 2.10. The second-order valence-electron chi connectivity index (χ2n) is 2.14. The van der Waals surface area contributed by atoms with Gasteiger partial charge in [0.15, 0.2) is 0 Å². The van der Waals surface area contributed by atoms with E-state index in [2.05, 4.69) is 4.98 Å². The van der Waals surface area contributed by atoms with Crippen LogP contribution in [0.4, 0.5) is 0 Å². The van der Waals surface area contributed by atoms with Gasteiger partial charge in [-0.15, -0.1) is 0 Å². The normalized spacial score (nSPS) is 9.90. The molecule has 0 aliphatic rings. The third-order valence-electron chi connectivity index (χ3n) is 1.41. The Balaban J connectivity index is 3.07. The van der Waals surface area contributed by atoms with E-state index in [1.807, 2.05) is 13.0 Å². The van der Waals surface area contributed by atoms with Crippen molar-refractivity contribution < 1.29 is 0 Å². The summed E-state index contributed by atoms with van der Waals surface area (Å²) < 4.78 is 0. The molecule has 10 heavy (non-hydrogen) atoms. The highest BCUT2D eigenvalue weighted by Gasteiger charge is 1.95. The van der Waals surface area contributed by atoms with Gasteiger partial charge >= 0.3 is 0 Å². The molecule has 0 atom stereocenters. The number of aryl methyl sites for hydroxylation is 1. The third kappa shape index (κ3) is 1.46. The Bertz CT molecular complexity index is 235. The molecule has 0 fully saturated rings. The molecule has 0 spiro atoms. The standard InChI is InChI=1S/C7H9ClN2/c1-5-2-7(8)10-4-6(5)3-9/h2,4H,3,9H2,1H3. The number of nitrogens with two attached hydrogens (primary N) is 1. The second-order valence-corrected chi connectivity index (χ2v) is 2.52. The van der Waals surface area contributed by atoms with Gasteiger partial charge in [-0.05, 0) is 24.1 Å².